The quantitative estimate of drug-likeness (QED) is 0.537. The van der Waals surface area contributed by atoms with E-state index in [2.05, 4.69) is 13.2 Å². The summed E-state index contributed by atoms with van der Waals surface area (Å²) in [5.41, 5.74) is 0. The number of allylic oxidation sites excluding steroid dienone is 2. The van der Waals surface area contributed by atoms with Crippen molar-refractivity contribution < 1.29 is 14.3 Å². The molecule has 0 saturated carbocycles. The average Bonchev–Trinajstić information content (AvgIpc) is 2.05. The van der Waals surface area contributed by atoms with Crippen LogP contribution < -0.4 is 0 Å². The molecule has 0 aromatic heterocycles. The Morgan fingerprint density at radius 2 is 1.67 bits per heavy atom. The van der Waals surface area contributed by atoms with E-state index in [1.54, 1.807) is 26.2 Å². The number of esters is 1. The fourth-order valence-electron chi connectivity index (χ4n) is 0.552. The summed E-state index contributed by atoms with van der Waals surface area (Å²) in [6, 6.07) is 0. The van der Waals surface area contributed by atoms with Crippen LogP contribution in [-0.4, -0.2) is 25.8 Å². The van der Waals surface area contributed by atoms with E-state index < -0.39 is 0 Å². The Hall–Kier alpha value is -1.09. The molecule has 0 heterocycles. The van der Waals surface area contributed by atoms with Crippen molar-refractivity contribution in [1.29, 1.82) is 0 Å². The summed E-state index contributed by atoms with van der Waals surface area (Å²) in [6.07, 6.45) is 3.37. The van der Waals surface area contributed by atoms with Crippen LogP contribution in [0.1, 0.15) is 27.7 Å². The Balaban J connectivity index is -0.000000200. The molecule has 1 atom stereocenters. The minimum absolute atomic E-state index is 0.132. The van der Waals surface area contributed by atoms with Crippen LogP contribution in [0, 0.1) is 0 Å². The van der Waals surface area contributed by atoms with Crippen LogP contribution in [0.4, 0.5) is 0 Å². The zero-order valence-electron chi connectivity index (χ0n) is 10.6. The van der Waals surface area contributed by atoms with Gasteiger partial charge >= 0.3 is 5.97 Å². The molecule has 90 valence electrons. The van der Waals surface area contributed by atoms with E-state index in [-0.39, 0.29) is 12.1 Å². The molecule has 0 fully saturated rings. The summed E-state index contributed by atoms with van der Waals surface area (Å²) in [5.74, 6) is -0.264. The van der Waals surface area contributed by atoms with Gasteiger partial charge in [-0.25, -0.2) is 0 Å². The summed E-state index contributed by atoms with van der Waals surface area (Å²) >= 11 is 0. The molecule has 0 aliphatic carbocycles. The van der Waals surface area contributed by atoms with Gasteiger partial charge in [0.15, 0.2) is 0 Å². The highest BCUT2D eigenvalue weighted by molar-refractivity contribution is 5.66. The lowest BCUT2D eigenvalue weighted by molar-refractivity contribution is -0.147. The van der Waals surface area contributed by atoms with Crippen molar-refractivity contribution in [2.75, 3.05) is 13.7 Å². The monoisotopic (exact) mass is 216 g/mol. The second kappa shape index (κ2) is 18.6. The van der Waals surface area contributed by atoms with Gasteiger partial charge in [-0.2, -0.15) is 0 Å². The van der Waals surface area contributed by atoms with E-state index in [9.17, 15) is 4.79 Å². The van der Waals surface area contributed by atoms with E-state index in [0.29, 0.717) is 6.61 Å². The van der Waals surface area contributed by atoms with Gasteiger partial charge in [-0.3, -0.25) is 4.79 Å². The van der Waals surface area contributed by atoms with Crippen LogP contribution in [0.25, 0.3) is 0 Å². The molecule has 0 rings (SSSR count). The molecular formula is C12H24O3. The maximum absolute atomic E-state index is 10.3. The Morgan fingerprint density at radius 1 is 1.33 bits per heavy atom. The molecule has 0 spiro atoms. The highest BCUT2D eigenvalue weighted by Gasteiger charge is 2.02. The van der Waals surface area contributed by atoms with Gasteiger partial charge in [-0.15, -0.1) is 13.2 Å². The Bertz CT molecular complexity index is 147. The van der Waals surface area contributed by atoms with Crippen molar-refractivity contribution >= 4 is 5.97 Å². The van der Waals surface area contributed by atoms with E-state index in [0.717, 1.165) is 0 Å². The van der Waals surface area contributed by atoms with E-state index in [1.807, 2.05) is 13.8 Å². The van der Waals surface area contributed by atoms with Crippen molar-refractivity contribution in [3.63, 3.8) is 0 Å². The normalized spacial score (nSPS) is 9.40. The van der Waals surface area contributed by atoms with Crippen molar-refractivity contribution in [2.45, 2.75) is 33.8 Å². The first-order chi connectivity index (χ1) is 6.99. The predicted octanol–water partition coefficient (Wildman–Crippen LogP) is 2.97. The smallest absolute Gasteiger partial charge is 0.302 e. The fourth-order valence-corrected chi connectivity index (χ4v) is 0.552. The van der Waals surface area contributed by atoms with Crippen molar-refractivity contribution in [3.8, 4) is 0 Å². The SMILES string of the molecule is C=CC.C=CC.COCC(C)OC(C)=O. The maximum Gasteiger partial charge on any atom is 0.302 e. The molecule has 0 aromatic carbocycles. The second-order valence-corrected chi connectivity index (χ2v) is 2.69. The summed E-state index contributed by atoms with van der Waals surface area (Å²) in [7, 11) is 1.57. The summed E-state index contributed by atoms with van der Waals surface area (Å²) in [6.45, 7) is 14.1. The molecule has 1 unspecified atom stereocenters. The van der Waals surface area contributed by atoms with Crippen molar-refractivity contribution in [1.82, 2.24) is 0 Å². The zero-order valence-corrected chi connectivity index (χ0v) is 10.6. The first-order valence-corrected chi connectivity index (χ1v) is 4.80. The standard InChI is InChI=1S/C6H12O3.2C3H6/c1-5(4-8-3)9-6(2)7;2*1-3-2/h5H,4H2,1-3H3;2*3H,1H2,2H3. The predicted molar refractivity (Wildman–Crippen MR) is 64.8 cm³/mol. The average molecular weight is 216 g/mol. The van der Waals surface area contributed by atoms with Crippen LogP contribution in [0.2, 0.25) is 0 Å². The largest absolute Gasteiger partial charge is 0.460 e. The number of carbonyl (C=O) groups is 1. The van der Waals surface area contributed by atoms with E-state index >= 15 is 0 Å². The lowest BCUT2D eigenvalue weighted by atomic mass is 10.4. The van der Waals surface area contributed by atoms with Gasteiger partial charge in [0.1, 0.15) is 6.10 Å². The van der Waals surface area contributed by atoms with Gasteiger partial charge < -0.3 is 9.47 Å². The van der Waals surface area contributed by atoms with Crippen LogP contribution in [0.3, 0.4) is 0 Å². The molecule has 0 bridgehead atoms. The van der Waals surface area contributed by atoms with Gasteiger partial charge in [0.2, 0.25) is 0 Å². The number of hydrogen-bond donors (Lipinski definition) is 0. The van der Waals surface area contributed by atoms with E-state index in [1.165, 1.54) is 6.92 Å². The minimum Gasteiger partial charge on any atom is -0.460 e. The lowest BCUT2D eigenvalue weighted by Crippen LogP contribution is -2.17. The molecule has 0 saturated heterocycles. The Kier molecular flexibility index (Phi) is 24.2. The van der Waals surface area contributed by atoms with Gasteiger partial charge in [-0.05, 0) is 20.8 Å². The highest BCUT2D eigenvalue weighted by Crippen LogP contribution is 1.90. The first kappa shape index (κ1) is 19.5. The third kappa shape index (κ3) is 44.0. The topological polar surface area (TPSA) is 35.5 Å². The lowest BCUT2D eigenvalue weighted by Gasteiger charge is -2.08. The molecule has 0 aliphatic rings. The molecule has 0 aliphatic heterocycles. The van der Waals surface area contributed by atoms with Crippen LogP contribution in [0.15, 0.2) is 25.3 Å². The van der Waals surface area contributed by atoms with Crippen LogP contribution in [-0.2, 0) is 14.3 Å². The maximum atomic E-state index is 10.3. The molecule has 0 N–H and O–H groups in total. The van der Waals surface area contributed by atoms with Gasteiger partial charge in [-0.1, -0.05) is 12.2 Å². The molecule has 0 amide bonds. The molecule has 0 radical (unpaired) electrons. The van der Waals surface area contributed by atoms with Gasteiger partial charge in [0.25, 0.3) is 0 Å². The third-order valence-electron chi connectivity index (χ3n) is 0.769. The molecule has 0 aromatic rings. The number of rotatable bonds is 3. The Labute approximate surface area is 93.8 Å². The molecular weight excluding hydrogens is 192 g/mol. The van der Waals surface area contributed by atoms with Gasteiger partial charge in [0.05, 0.1) is 6.61 Å². The zero-order chi connectivity index (χ0) is 12.7. The molecule has 15 heavy (non-hydrogen) atoms. The van der Waals surface area contributed by atoms with Crippen LogP contribution in [0.5, 0.6) is 0 Å². The third-order valence-corrected chi connectivity index (χ3v) is 0.769. The Morgan fingerprint density at radius 3 is 1.87 bits per heavy atom. The number of hydrogen-bond acceptors (Lipinski definition) is 3. The molecule has 3 nitrogen and oxygen atoms in total. The summed E-state index contributed by atoms with van der Waals surface area (Å²) < 4.78 is 9.45. The van der Waals surface area contributed by atoms with Crippen LogP contribution >= 0.6 is 0 Å². The minimum atomic E-state index is -0.264. The van der Waals surface area contributed by atoms with E-state index in [4.69, 9.17) is 9.47 Å². The highest BCUT2D eigenvalue weighted by atomic mass is 16.6. The van der Waals surface area contributed by atoms with Gasteiger partial charge in [0, 0.05) is 14.0 Å². The summed E-state index contributed by atoms with van der Waals surface area (Å²) in [5, 5.41) is 0. The number of ether oxygens (including phenoxy) is 2. The second-order valence-electron chi connectivity index (χ2n) is 2.69. The molecule has 3 heteroatoms. The first-order valence-electron chi connectivity index (χ1n) is 4.80. The van der Waals surface area contributed by atoms with Crippen molar-refractivity contribution in [3.05, 3.63) is 25.3 Å². The van der Waals surface area contributed by atoms with Crippen molar-refractivity contribution in [2.24, 2.45) is 0 Å². The summed E-state index contributed by atoms with van der Waals surface area (Å²) in [4.78, 5) is 10.3. The fraction of sp³-hybridized carbons (Fsp3) is 0.583. The number of carbonyl (C=O) groups excluding carboxylic acids is 1. The number of methoxy groups -OCH3 is 1.